The van der Waals surface area contributed by atoms with Gasteiger partial charge in [-0.3, -0.25) is 4.98 Å². The molecule has 1 heterocycles. The van der Waals surface area contributed by atoms with Crippen LogP contribution in [-0.2, 0) is 0 Å². The predicted octanol–water partition coefficient (Wildman–Crippen LogP) is 3.86. The number of rotatable bonds is 3. The van der Waals surface area contributed by atoms with Gasteiger partial charge < -0.3 is 4.90 Å². The highest BCUT2D eigenvalue weighted by atomic mass is 15.1. The van der Waals surface area contributed by atoms with E-state index in [0.29, 0.717) is 11.6 Å². The van der Waals surface area contributed by atoms with E-state index in [2.05, 4.69) is 49.1 Å². The molecule has 1 aromatic heterocycles. The number of hydrogen-bond donors (Lipinski definition) is 0. The largest absolute Gasteiger partial charge is 0.303 e. The van der Waals surface area contributed by atoms with Crippen molar-refractivity contribution >= 4 is 0 Å². The fraction of sp³-hybridized carbons (Fsp3) is 0.333. The summed E-state index contributed by atoms with van der Waals surface area (Å²) in [5, 5.41) is 9.31. The molecule has 108 valence electrons. The van der Waals surface area contributed by atoms with Crippen LogP contribution in [0.5, 0.6) is 0 Å². The molecule has 1 atom stereocenters. The summed E-state index contributed by atoms with van der Waals surface area (Å²) >= 11 is 0. The summed E-state index contributed by atoms with van der Waals surface area (Å²) in [6.07, 6.45) is 0. The molecule has 21 heavy (non-hydrogen) atoms. The maximum absolute atomic E-state index is 9.31. The number of hydrogen-bond acceptors (Lipinski definition) is 3. The minimum Gasteiger partial charge on any atom is -0.303 e. The number of pyridine rings is 1. The second kappa shape index (κ2) is 6.07. The van der Waals surface area contributed by atoms with E-state index in [0.717, 1.165) is 22.5 Å². The molecule has 0 radical (unpaired) electrons. The third-order valence-corrected chi connectivity index (χ3v) is 4.03. The van der Waals surface area contributed by atoms with Crippen LogP contribution in [0.1, 0.15) is 35.3 Å². The monoisotopic (exact) mass is 279 g/mol. The van der Waals surface area contributed by atoms with Gasteiger partial charge in [-0.1, -0.05) is 24.3 Å². The summed E-state index contributed by atoms with van der Waals surface area (Å²) in [4.78, 5) is 6.76. The Morgan fingerprint density at radius 1 is 1.14 bits per heavy atom. The standard InChI is InChI=1S/C18H21N3/c1-12-10-17(11-19)18(20-13(12)2)16-8-6-15(7-9-16)14(3)21(4)5/h6-10,14H,1-5H3. The molecule has 1 aromatic carbocycles. The van der Waals surface area contributed by atoms with Crippen LogP contribution in [0.15, 0.2) is 30.3 Å². The molecule has 3 nitrogen and oxygen atoms in total. The van der Waals surface area contributed by atoms with Crippen LogP contribution in [0.4, 0.5) is 0 Å². The summed E-state index contributed by atoms with van der Waals surface area (Å²) in [5.74, 6) is 0. The minimum atomic E-state index is 0.363. The highest BCUT2D eigenvalue weighted by Gasteiger charge is 2.11. The molecule has 0 N–H and O–H groups in total. The van der Waals surface area contributed by atoms with Crippen molar-refractivity contribution in [2.45, 2.75) is 26.8 Å². The van der Waals surface area contributed by atoms with E-state index >= 15 is 0 Å². The minimum absolute atomic E-state index is 0.363. The van der Waals surface area contributed by atoms with Gasteiger partial charge in [0.25, 0.3) is 0 Å². The number of nitriles is 1. The first-order chi connectivity index (χ1) is 9.93. The molecule has 0 saturated carbocycles. The normalized spacial score (nSPS) is 12.2. The third kappa shape index (κ3) is 3.12. The van der Waals surface area contributed by atoms with Gasteiger partial charge in [-0.25, -0.2) is 0 Å². The predicted molar refractivity (Wildman–Crippen MR) is 86.0 cm³/mol. The Hall–Kier alpha value is -2.18. The molecule has 2 rings (SSSR count). The van der Waals surface area contributed by atoms with E-state index in [4.69, 9.17) is 0 Å². The summed E-state index contributed by atoms with van der Waals surface area (Å²) < 4.78 is 0. The average Bonchev–Trinajstić information content (AvgIpc) is 2.49. The number of aryl methyl sites for hydroxylation is 2. The molecule has 0 aliphatic heterocycles. The molecule has 0 saturated heterocycles. The van der Waals surface area contributed by atoms with E-state index in [1.807, 2.05) is 32.0 Å². The lowest BCUT2D eigenvalue weighted by molar-refractivity contribution is 0.321. The Morgan fingerprint density at radius 2 is 1.76 bits per heavy atom. The summed E-state index contributed by atoms with van der Waals surface area (Å²) in [7, 11) is 4.13. The lowest BCUT2D eigenvalue weighted by Crippen LogP contribution is -2.16. The zero-order valence-corrected chi connectivity index (χ0v) is 13.3. The number of benzene rings is 1. The second-order valence-corrected chi connectivity index (χ2v) is 5.66. The van der Waals surface area contributed by atoms with E-state index in [1.54, 1.807) is 0 Å². The molecule has 3 heteroatoms. The van der Waals surface area contributed by atoms with Gasteiger partial charge in [0.2, 0.25) is 0 Å². The fourth-order valence-electron chi connectivity index (χ4n) is 2.23. The highest BCUT2D eigenvalue weighted by Crippen LogP contribution is 2.26. The van der Waals surface area contributed by atoms with Crippen LogP contribution in [-0.4, -0.2) is 24.0 Å². The van der Waals surface area contributed by atoms with E-state index < -0.39 is 0 Å². The van der Waals surface area contributed by atoms with Gasteiger partial charge >= 0.3 is 0 Å². The Bertz CT molecular complexity index is 679. The molecule has 2 aromatic rings. The van der Waals surface area contributed by atoms with Crippen molar-refractivity contribution in [3.63, 3.8) is 0 Å². The van der Waals surface area contributed by atoms with Gasteiger partial charge in [0, 0.05) is 17.3 Å². The van der Waals surface area contributed by atoms with Gasteiger partial charge in [-0.05, 0) is 52.1 Å². The molecule has 1 unspecified atom stereocenters. The lowest BCUT2D eigenvalue weighted by atomic mass is 10.0. The van der Waals surface area contributed by atoms with Crippen molar-refractivity contribution in [2.24, 2.45) is 0 Å². The average molecular weight is 279 g/mol. The van der Waals surface area contributed by atoms with Gasteiger partial charge in [-0.15, -0.1) is 0 Å². The van der Waals surface area contributed by atoms with Crippen molar-refractivity contribution in [1.29, 1.82) is 5.26 Å². The fourth-order valence-corrected chi connectivity index (χ4v) is 2.23. The van der Waals surface area contributed by atoms with Crippen LogP contribution in [0.3, 0.4) is 0 Å². The quantitative estimate of drug-likeness (QED) is 0.856. The molecular weight excluding hydrogens is 258 g/mol. The Kier molecular flexibility index (Phi) is 4.40. The molecule has 0 aliphatic carbocycles. The maximum Gasteiger partial charge on any atom is 0.101 e. The Labute approximate surface area is 126 Å². The van der Waals surface area contributed by atoms with Gasteiger partial charge in [0.15, 0.2) is 0 Å². The highest BCUT2D eigenvalue weighted by molar-refractivity contribution is 5.67. The van der Waals surface area contributed by atoms with Crippen LogP contribution in [0, 0.1) is 25.2 Å². The zero-order valence-electron chi connectivity index (χ0n) is 13.3. The van der Waals surface area contributed by atoms with Crippen molar-refractivity contribution in [3.05, 3.63) is 52.7 Å². The number of nitrogens with zero attached hydrogens (tertiary/aromatic N) is 3. The molecule has 0 aliphatic rings. The summed E-state index contributed by atoms with van der Waals surface area (Å²) in [5.41, 5.74) is 5.66. The first-order valence-corrected chi connectivity index (χ1v) is 7.09. The third-order valence-electron chi connectivity index (χ3n) is 4.03. The van der Waals surface area contributed by atoms with Gasteiger partial charge in [-0.2, -0.15) is 5.26 Å². The lowest BCUT2D eigenvalue weighted by Gasteiger charge is -2.20. The first kappa shape index (κ1) is 15.2. The van der Waals surface area contributed by atoms with Crippen molar-refractivity contribution < 1.29 is 0 Å². The summed E-state index contributed by atoms with van der Waals surface area (Å²) in [6, 6.07) is 12.8. The van der Waals surface area contributed by atoms with Crippen LogP contribution >= 0.6 is 0 Å². The zero-order chi connectivity index (χ0) is 15.6. The van der Waals surface area contributed by atoms with Gasteiger partial charge in [0.1, 0.15) is 6.07 Å². The smallest absolute Gasteiger partial charge is 0.101 e. The van der Waals surface area contributed by atoms with Gasteiger partial charge in [0.05, 0.1) is 11.3 Å². The topological polar surface area (TPSA) is 39.9 Å². The maximum atomic E-state index is 9.31. The van der Waals surface area contributed by atoms with E-state index in [9.17, 15) is 5.26 Å². The SMILES string of the molecule is Cc1cc(C#N)c(-c2ccc(C(C)N(C)C)cc2)nc1C. The van der Waals surface area contributed by atoms with Crippen LogP contribution in [0.2, 0.25) is 0 Å². The van der Waals surface area contributed by atoms with Crippen LogP contribution in [0.25, 0.3) is 11.3 Å². The Morgan fingerprint density at radius 3 is 2.29 bits per heavy atom. The molecule has 0 fully saturated rings. The van der Waals surface area contributed by atoms with Crippen LogP contribution < -0.4 is 0 Å². The van der Waals surface area contributed by atoms with E-state index in [-0.39, 0.29) is 0 Å². The summed E-state index contributed by atoms with van der Waals surface area (Å²) in [6.45, 7) is 6.13. The number of aromatic nitrogens is 1. The molecule has 0 amide bonds. The molecule has 0 spiro atoms. The second-order valence-electron chi connectivity index (χ2n) is 5.66. The van der Waals surface area contributed by atoms with Crippen molar-refractivity contribution in [1.82, 2.24) is 9.88 Å². The Balaban J connectivity index is 2.44. The molecule has 0 bridgehead atoms. The van der Waals surface area contributed by atoms with E-state index in [1.165, 1.54) is 5.56 Å². The van der Waals surface area contributed by atoms with Crippen molar-refractivity contribution in [3.8, 4) is 17.3 Å². The van der Waals surface area contributed by atoms with Crippen molar-refractivity contribution in [2.75, 3.05) is 14.1 Å². The first-order valence-electron chi connectivity index (χ1n) is 7.09. The molecular formula is C18H21N3.